The number of hydrogen-bond donors (Lipinski definition) is 0. The van der Waals surface area contributed by atoms with Crippen molar-refractivity contribution in [1.82, 2.24) is 0 Å². The van der Waals surface area contributed by atoms with Gasteiger partial charge in [0.25, 0.3) is 0 Å². The van der Waals surface area contributed by atoms with Crippen molar-refractivity contribution in [1.29, 1.82) is 0 Å². The molecule has 3 aromatic rings. The number of para-hydroxylation sites is 1. The Morgan fingerprint density at radius 2 is 1.37 bits per heavy atom. The standard InChI is InChI=1S/C23H19NO3/c25-22-16-18(15-17-7-3-1-4-8-17)23(26)24(22)19-11-13-21(14-12-19)27-20-9-5-2-6-10-20/h1-14,18H,15-16H2. The Labute approximate surface area is 158 Å². The molecular formula is C23H19NO3. The van der Waals surface area contributed by atoms with Crippen LogP contribution in [-0.2, 0) is 16.0 Å². The number of hydrogen-bond acceptors (Lipinski definition) is 3. The first-order valence-electron chi connectivity index (χ1n) is 8.94. The first-order valence-corrected chi connectivity index (χ1v) is 8.94. The maximum Gasteiger partial charge on any atom is 0.237 e. The molecular weight excluding hydrogens is 338 g/mol. The van der Waals surface area contributed by atoms with E-state index in [1.807, 2.05) is 60.7 Å². The number of carbonyl (C=O) groups excluding carboxylic acids is 2. The van der Waals surface area contributed by atoms with Gasteiger partial charge in [-0.25, -0.2) is 0 Å². The van der Waals surface area contributed by atoms with Crippen molar-refractivity contribution in [3.63, 3.8) is 0 Å². The Morgan fingerprint density at radius 3 is 2.04 bits per heavy atom. The summed E-state index contributed by atoms with van der Waals surface area (Å²) in [6.07, 6.45) is 0.826. The fourth-order valence-electron chi connectivity index (χ4n) is 3.31. The lowest BCUT2D eigenvalue weighted by atomic mass is 9.98. The molecule has 0 aliphatic carbocycles. The van der Waals surface area contributed by atoms with Gasteiger partial charge in [-0.15, -0.1) is 0 Å². The van der Waals surface area contributed by atoms with E-state index in [2.05, 4.69) is 0 Å². The number of imide groups is 1. The predicted molar refractivity (Wildman–Crippen MR) is 104 cm³/mol. The molecule has 134 valence electrons. The first kappa shape index (κ1) is 17.0. The molecule has 0 radical (unpaired) electrons. The Balaban J connectivity index is 1.48. The molecule has 0 aromatic heterocycles. The Morgan fingerprint density at radius 1 is 0.778 bits per heavy atom. The van der Waals surface area contributed by atoms with Crippen molar-refractivity contribution >= 4 is 17.5 Å². The van der Waals surface area contributed by atoms with Gasteiger partial charge in [0, 0.05) is 6.42 Å². The zero-order chi connectivity index (χ0) is 18.6. The minimum Gasteiger partial charge on any atom is -0.457 e. The quantitative estimate of drug-likeness (QED) is 0.627. The number of amides is 2. The van der Waals surface area contributed by atoms with Crippen molar-refractivity contribution in [2.24, 2.45) is 5.92 Å². The number of nitrogens with zero attached hydrogens (tertiary/aromatic N) is 1. The molecule has 3 aromatic carbocycles. The molecule has 1 unspecified atom stereocenters. The van der Waals surface area contributed by atoms with Crippen molar-refractivity contribution < 1.29 is 14.3 Å². The zero-order valence-electron chi connectivity index (χ0n) is 14.7. The molecule has 2 amide bonds. The molecule has 1 heterocycles. The van der Waals surface area contributed by atoms with Gasteiger partial charge in [0.2, 0.25) is 11.8 Å². The maximum absolute atomic E-state index is 12.8. The van der Waals surface area contributed by atoms with E-state index in [4.69, 9.17) is 4.74 Å². The van der Waals surface area contributed by atoms with E-state index in [0.29, 0.717) is 17.9 Å². The SMILES string of the molecule is O=C1CC(Cc2ccccc2)C(=O)N1c1ccc(Oc2ccccc2)cc1. The van der Waals surface area contributed by atoms with Crippen LogP contribution >= 0.6 is 0 Å². The van der Waals surface area contributed by atoms with Crippen molar-refractivity contribution in [2.75, 3.05) is 4.90 Å². The second-order valence-electron chi connectivity index (χ2n) is 6.57. The fraction of sp³-hybridized carbons (Fsp3) is 0.130. The summed E-state index contributed by atoms with van der Waals surface area (Å²) in [4.78, 5) is 26.5. The monoisotopic (exact) mass is 357 g/mol. The Hall–Kier alpha value is -3.40. The summed E-state index contributed by atoms with van der Waals surface area (Å²) in [6.45, 7) is 0. The summed E-state index contributed by atoms with van der Waals surface area (Å²) < 4.78 is 5.76. The highest BCUT2D eigenvalue weighted by molar-refractivity contribution is 6.21. The van der Waals surface area contributed by atoms with Crippen LogP contribution in [0.15, 0.2) is 84.9 Å². The predicted octanol–water partition coefficient (Wildman–Crippen LogP) is 4.60. The van der Waals surface area contributed by atoms with E-state index in [0.717, 1.165) is 11.3 Å². The van der Waals surface area contributed by atoms with E-state index in [1.54, 1.807) is 24.3 Å². The molecule has 0 spiro atoms. The highest BCUT2D eigenvalue weighted by Crippen LogP contribution is 2.30. The van der Waals surface area contributed by atoms with Crippen LogP contribution in [0.1, 0.15) is 12.0 Å². The van der Waals surface area contributed by atoms with E-state index in [9.17, 15) is 9.59 Å². The van der Waals surface area contributed by atoms with Gasteiger partial charge in [0.05, 0.1) is 11.6 Å². The van der Waals surface area contributed by atoms with Crippen LogP contribution in [0.4, 0.5) is 5.69 Å². The summed E-state index contributed by atoms with van der Waals surface area (Å²) in [5.74, 6) is 0.796. The minimum absolute atomic E-state index is 0.138. The average molecular weight is 357 g/mol. The van der Waals surface area contributed by atoms with Gasteiger partial charge in [-0.1, -0.05) is 48.5 Å². The van der Waals surface area contributed by atoms with Gasteiger partial charge in [0.15, 0.2) is 0 Å². The number of carbonyl (C=O) groups is 2. The number of ether oxygens (including phenoxy) is 1. The second kappa shape index (κ2) is 7.46. The lowest BCUT2D eigenvalue weighted by Crippen LogP contribution is -2.30. The summed E-state index contributed by atoms with van der Waals surface area (Å²) in [5.41, 5.74) is 1.65. The molecule has 1 aliphatic heterocycles. The number of benzene rings is 3. The van der Waals surface area contributed by atoms with Crippen LogP contribution in [0, 0.1) is 5.92 Å². The maximum atomic E-state index is 12.8. The molecule has 1 aliphatic rings. The highest BCUT2D eigenvalue weighted by atomic mass is 16.5. The first-order chi connectivity index (χ1) is 13.2. The highest BCUT2D eigenvalue weighted by Gasteiger charge is 2.39. The largest absolute Gasteiger partial charge is 0.457 e. The summed E-state index contributed by atoms with van der Waals surface area (Å²) in [7, 11) is 0. The van der Waals surface area contributed by atoms with Gasteiger partial charge in [-0.3, -0.25) is 14.5 Å². The molecule has 4 nitrogen and oxygen atoms in total. The van der Waals surface area contributed by atoms with Crippen molar-refractivity contribution in [3.8, 4) is 11.5 Å². The smallest absolute Gasteiger partial charge is 0.237 e. The van der Waals surface area contributed by atoms with Crippen LogP contribution in [-0.4, -0.2) is 11.8 Å². The van der Waals surface area contributed by atoms with Gasteiger partial charge < -0.3 is 4.74 Å². The molecule has 1 saturated heterocycles. The average Bonchev–Trinajstić information content (AvgIpc) is 2.97. The minimum atomic E-state index is -0.305. The third-order valence-electron chi connectivity index (χ3n) is 4.64. The van der Waals surface area contributed by atoms with Gasteiger partial charge in [0.1, 0.15) is 11.5 Å². The lowest BCUT2D eigenvalue weighted by Gasteiger charge is -2.16. The van der Waals surface area contributed by atoms with Crippen molar-refractivity contribution in [3.05, 3.63) is 90.5 Å². The molecule has 0 N–H and O–H groups in total. The van der Waals surface area contributed by atoms with Gasteiger partial charge >= 0.3 is 0 Å². The van der Waals surface area contributed by atoms with Gasteiger partial charge in [-0.05, 0) is 48.4 Å². The lowest BCUT2D eigenvalue weighted by molar-refractivity contribution is -0.122. The van der Waals surface area contributed by atoms with Crippen LogP contribution in [0.2, 0.25) is 0 Å². The van der Waals surface area contributed by atoms with E-state index in [1.165, 1.54) is 4.90 Å². The third-order valence-corrected chi connectivity index (χ3v) is 4.64. The summed E-state index contributed by atoms with van der Waals surface area (Å²) in [6, 6.07) is 26.3. The second-order valence-corrected chi connectivity index (χ2v) is 6.57. The summed E-state index contributed by atoms with van der Waals surface area (Å²) in [5, 5.41) is 0. The fourth-order valence-corrected chi connectivity index (χ4v) is 3.31. The molecule has 4 heteroatoms. The van der Waals surface area contributed by atoms with Crippen LogP contribution in [0.5, 0.6) is 11.5 Å². The molecule has 1 fully saturated rings. The van der Waals surface area contributed by atoms with E-state index < -0.39 is 0 Å². The topological polar surface area (TPSA) is 46.6 Å². The van der Waals surface area contributed by atoms with E-state index >= 15 is 0 Å². The van der Waals surface area contributed by atoms with Crippen molar-refractivity contribution in [2.45, 2.75) is 12.8 Å². The van der Waals surface area contributed by atoms with Crippen LogP contribution < -0.4 is 9.64 Å². The molecule has 27 heavy (non-hydrogen) atoms. The van der Waals surface area contributed by atoms with Crippen LogP contribution in [0.3, 0.4) is 0 Å². The Kier molecular flexibility index (Phi) is 4.71. The van der Waals surface area contributed by atoms with Crippen LogP contribution in [0.25, 0.3) is 0 Å². The number of anilines is 1. The Bertz CT molecular complexity index is 936. The summed E-state index contributed by atoms with van der Waals surface area (Å²) >= 11 is 0. The van der Waals surface area contributed by atoms with E-state index in [-0.39, 0.29) is 24.2 Å². The molecule has 0 saturated carbocycles. The molecule has 1 atom stereocenters. The molecule has 0 bridgehead atoms. The number of rotatable bonds is 5. The van der Waals surface area contributed by atoms with Gasteiger partial charge in [-0.2, -0.15) is 0 Å². The zero-order valence-corrected chi connectivity index (χ0v) is 14.7. The normalized spacial score (nSPS) is 16.6. The molecule has 4 rings (SSSR count). The third kappa shape index (κ3) is 3.75.